The molecule has 1 aromatic rings. The number of carbonyl (C=O) groups excluding carboxylic acids is 2. The lowest BCUT2D eigenvalue weighted by atomic mass is 10.3. The van der Waals surface area contributed by atoms with Crippen molar-refractivity contribution in [1.82, 2.24) is 9.62 Å². The molecule has 0 aliphatic carbocycles. The van der Waals surface area contributed by atoms with E-state index in [1.807, 2.05) is 6.92 Å². The Hall–Kier alpha value is -2.17. The molecule has 0 spiro atoms. The Morgan fingerprint density at radius 2 is 2.00 bits per heavy atom. The smallest absolute Gasteiger partial charge is 0.324 e. The van der Waals surface area contributed by atoms with E-state index in [2.05, 4.69) is 4.72 Å². The van der Waals surface area contributed by atoms with Crippen molar-refractivity contribution in [1.29, 1.82) is 0 Å². The SMILES string of the molecule is COc1ccc(S(=O)(=O)N[C@@H](C)C(=O)OCC(=O)N2CCOC(C)C2)cc1. The fourth-order valence-corrected chi connectivity index (χ4v) is 3.69. The lowest BCUT2D eigenvalue weighted by Crippen LogP contribution is -2.47. The lowest BCUT2D eigenvalue weighted by molar-refractivity contribution is -0.155. The Morgan fingerprint density at radius 3 is 2.59 bits per heavy atom. The summed E-state index contributed by atoms with van der Waals surface area (Å²) in [5, 5.41) is 0. The second-order valence-corrected chi connectivity index (χ2v) is 7.86. The largest absolute Gasteiger partial charge is 0.497 e. The van der Waals surface area contributed by atoms with Gasteiger partial charge < -0.3 is 19.1 Å². The molecule has 1 heterocycles. The molecule has 1 fully saturated rings. The third kappa shape index (κ3) is 5.91. The van der Waals surface area contributed by atoms with Crippen LogP contribution in [0.2, 0.25) is 0 Å². The Balaban J connectivity index is 1.87. The summed E-state index contributed by atoms with van der Waals surface area (Å²) in [6.45, 7) is 4.04. The van der Waals surface area contributed by atoms with E-state index in [0.717, 1.165) is 0 Å². The zero-order valence-electron chi connectivity index (χ0n) is 15.5. The normalized spacial score (nSPS) is 18.6. The maximum atomic E-state index is 12.3. The number of methoxy groups -OCH3 is 1. The number of esters is 1. The van der Waals surface area contributed by atoms with E-state index in [-0.39, 0.29) is 16.9 Å². The van der Waals surface area contributed by atoms with Gasteiger partial charge in [0, 0.05) is 13.1 Å². The predicted molar refractivity (Wildman–Crippen MR) is 95.7 cm³/mol. The molecule has 1 unspecified atom stereocenters. The summed E-state index contributed by atoms with van der Waals surface area (Å²) in [5.74, 6) is -0.664. The Morgan fingerprint density at radius 1 is 1.33 bits per heavy atom. The molecule has 1 saturated heterocycles. The third-order valence-electron chi connectivity index (χ3n) is 3.99. The van der Waals surface area contributed by atoms with E-state index < -0.39 is 28.6 Å². The molecule has 0 aromatic heterocycles. The van der Waals surface area contributed by atoms with Crippen molar-refractivity contribution in [3.05, 3.63) is 24.3 Å². The van der Waals surface area contributed by atoms with E-state index in [1.165, 1.54) is 38.3 Å². The molecule has 1 N–H and O–H groups in total. The van der Waals surface area contributed by atoms with Gasteiger partial charge in [-0.1, -0.05) is 0 Å². The number of sulfonamides is 1. The summed E-state index contributed by atoms with van der Waals surface area (Å²) in [6, 6.07) is 4.58. The molecule has 2 atom stereocenters. The number of hydrogen-bond acceptors (Lipinski definition) is 7. The van der Waals surface area contributed by atoms with Crippen LogP contribution in [0.15, 0.2) is 29.2 Å². The molecule has 0 radical (unpaired) electrons. The van der Waals surface area contributed by atoms with Crippen molar-refractivity contribution in [2.75, 3.05) is 33.4 Å². The van der Waals surface area contributed by atoms with Crippen molar-refractivity contribution in [3.63, 3.8) is 0 Å². The fourth-order valence-electron chi connectivity index (χ4n) is 2.50. The van der Waals surface area contributed by atoms with Gasteiger partial charge in [0.1, 0.15) is 11.8 Å². The summed E-state index contributed by atoms with van der Waals surface area (Å²) in [6.07, 6.45) is -0.0753. The molecule has 10 heteroatoms. The minimum Gasteiger partial charge on any atom is -0.497 e. The number of hydrogen-bond donors (Lipinski definition) is 1. The molecule has 150 valence electrons. The maximum Gasteiger partial charge on any atom is 0.324 e. The highest BCUT2D eigenvalue weighted by atomic mass is 32.2. The van der Waals surface area contributed by atoms with Crippen molar-refractivity contribution in [3.8, 4) is 5.75 Å². The first-order valence-corrected chi connectivity index (χ1v) is 9.93. The second-order valence-electron chi connectivity index (χ2n) is 6.15. The first kappa shape index (κ1) is 21.1. The minimum absolute atomic E-state index is 0.0127. The molecule has 0 saturated carbocycles. The lowest BCUT2D eigenvalue weighted by Gasteiger charge is -2.31. The van der Waals surface area contributed by atoms with Crippen molar-refractivity contribution in [2.45, 2.75) is 30.9 Å². The number of carbonyl (C=O) groups is 2. The quantitative estimate of drug-likeness (QED) is 0.649. The second kappa shape index (κ2) is 9.16. The molecule has 9 nitrogen and oxygen atoms in total. The minimum atomic E-state index is -3.91. The van der Waals surface area contributed by atoms with Crippen molar-refractivity contribution in [2.24, 2.45) is 0 Å². The standard InChI is InChI=1S/C17H24N2O7S/c1-12-10-19(8-9-25-12)16(20)11-26-17(21)13(2)18-27(22,23)15-6-4-14(24-3)5-7-15/h4-7,12-13,18H,8-11H2,1-3H3/t12?,13-/m0/s1. The average molecular weight is 400 g/mol. The van der Waals surface area contributed by atoms with E-state index >= 15 is 0 Å². The molecular weight excluding hydrogens is 376 g/mol. The molecule has 2 rings (SSSR count). The highest BCUT2D eigenvalue weighted by Crippen LogP contribution is 2.15. The van der Waals surface area contributed by atoms with Gasteiger partial charge in [0.2, 0.25) is 10.0 Å². The number of ether oxygens (including phenoxy) is 3. The number of rotatable bonds is 7. The molecule has 27 heavy (non-hydrogen) atoms. The maximum absolute atomic E-state index is 12.3. The molecule has 1 amide bonds. The van der Waals surface area contributed by atoms with Gasteiger partial charge in [-0.2, -0.15) is 4.72 Å². The summed E-state index contributed by atoms with van der Waals surface area (Å²) >= 11 is 0. The summed E-state index contributed by atoms with van der Waals surface area (Å²) in [4.78, 5) is 25.7. The van der Waals surface area contributed by atoms with Gasteiger partial charge in [-0.05, 0) is 38.1 Å². The van der Waals surface area contributed by atoms with Crippen molar-refractivity contribution >= 4 is 21.9 Å². The fraction of sp³-hybridized carbons (Fsp3) is 0.529. The molecule has 1 aliphatic heterocycles. The summed E-state index contributed by atoms with van der Waals surface area (Å²) in [5.41, 5.74) is 0. The Kier molecular flexibility index (Phi) is 7.17. The average Bonchev–Trinajstić information content (AvgIpc) is 2.65. The Labute approximate surface area is 158 Å². The van der Waals surface area contributed by atoms with Crippen LogP contribution >= 0.6 is 0 Å². The van der Waals surface area contributed by atoms with Crippen LogP contribution in [0.5, 0.6) is 5.75 Å². The van der Waals surface area contributed by atoms with Crippen LogP contribution < -0.4 is 9.46 Å². The zero-order valence-corrected chi connectivity index (χ0v) is 16.3. The van der Waals surface area contributed by atoms with Gasteiger partial charge in [-0.25, -0.2) is 8.42 Å². The number of nitrogens with zero attached hydrogens (tertiary/aromatic N) is 1. The molecule has 1 aliphatic rings. The number of morpholine rings is 1. The van der Waals surface area contributed by atoms with E-state index in [9.17, 15) is 18.0 Å². The van der Waals surface area contributed by atoms with Gasteiger partial charge in [-0.3, -0.25) is 9.59 Å². The van der Waals surface area contributed by atoms with Gasteiger partial charge in [-0.15, -0.1) is 0 Å². The van der Waals surface area contributed by atoms with Crippen LogP contribution in [0.25, 0.3) is 0 Å². The van der Waals surface area contributed by atoms with Crippen LogP contribution in [-0.4, -0.2) is 70.8 Å². The number of amides is 1. The van der Waals surface area contributed by atoms with Gasteiger partial charge in [0.25, 0.3) is 5.91 Å². The molecule has 0 bridgehead atoms. The van der Waals surface area contributed by atoms with Crippen LogP contribution in [-0.2, 0) is 29.1 Å². The van der Waals surface area contributed by atoms with Gasteiger partial charge in [0.05, 0.1) is 24.7 Å². The number of nitrogens with one attached hydrogen (secondary N) is 1. The van der Waals surface area contributed by atoms with Crippen LogP contribution in [0.4, 0.5) is 0 Å². The third-order valence-corrected chi connectivity index (χ3v) is 5.54. The predicted octanol–water partition coefficient (Wildman–Crippen LogP) is 0.153. The van der Waals surface area contributed by atoms with Crippen molar-refractivity contribution < 1.29 is 32.2 Å². The molecular formula is C17H24N2O7S. The monoisotopic (exact) mass is 400 g/mol. The highest BCUT2D eigenvalue weighted by Gasteiger charge is 2.26. The summed E-state index contributed by atoms with van der Waals surface area (Å²) in [7, 11) is -2.44. The Bertz CT molecular complexity index is 764. The first-order valence-electron chi connectivity index (χ1n) is 8.45. The van der Waals surface area contributed by atoms with E-state index in [1.54, 1.807) is 4.90 Å². The van der Waals surface area contributed by atoms with Crippen LogP contribution in [0.1, 0.15) is 13.8 Å². The zero-order chi connectivity index (χ0) is 20.0. The van der Waals surface area contributed by atoms with E-state index in [0.29, 0.717) is 25.4 Å². The summed E-state index contributed by atoms with van der Waals surface area (Å²) < 4.78 is 42.2. The van der Waals surface area contributed by atoms with Crippen LogP contribution in [0.3, 0.4) is 0 Å². The van der Waals surface area contributed by atoms with Gasteiger partial charge in [0.15, 0.2) is 6.61 Å². The number of benzene rings is 1. The van der Waals surface area contributed by atoms with Crippen LogP contribution in [0, 0.1) is 0 Å². The topological polar surface area (TPSA) is 111 Å². The van der Waals surface area contributed by atoms with E-state index in [4.69, 9.17) is 14.2 Å². The highest BCUT2D eigenvalue weighted by molar-refractivity contribution is 7.89. The molecule has 1 aromatic carbocycles. The first-order chi connectivity index (χ1) is 12.7. The van der Waals surface area contributed by atoms with Gasteiger partial charge >= 0.3 is 5.97 Å².